The maximum atomic E-state index is 14.3. The molecule has 42 heavy (non-hydrogen) atoms. The molecule has 0 radical (unpaired) electrons. The van der Waals surface area contributed by atoms with Gasteiger partial charge >= 0.3 is 11.9 Å². The van der Waals surface area contributed by atoms with Gasteiger partial charge in [0.25, 0.3) is 0 Å². The molecule has 4 fully saturated rings. The molecule has 5 N–H and O–H groups in total. The van der Waals surface area contributed by atoms with Crippen LogP contribution in [-0.4, -0.2) is 55.8 Å². The molecule has 7 rings (SSSR count). The minimum Gasteiger partial charge on any atom is -0.506 e. The fourth-order valence-electron chi connectivity index (χ4n) is 8.14. The number of benzene rings is 2. The molecule has 5 aliphatic rings. The van der Waals surface area contributed by atoms with Crippen LogP contribution < -0.4 is 5.32 Å². The Labute approximate surface area is 245 Å². The number of carboxylic acid groups (broad SMARTS) is 2. The van der Waals surface area contributed by atoms with E-state index >= 15 is 0 Å². The number of hydrogen-bond acceptors (Lipinski definition) is 8. The van der Waals surface area contributed by atoms with Crippen molar-refractivity contribution in [2.24, 2.45) is 22.7 Å². The Hall–Kier alpha value is -3.83. The van der Waals surface area contributed by atoms with Gasteiger partial charge in [-0.05, 0) is 68.2 Å². The highest BCUT2D eigenvalue weighted by Gasteiger charge is 2.72. The van der Waals surface area contributed by atoms with Crippen molar-refractivity contribution in [1.82, 2.24) is 0 Å². The highest BCUT2D eigenvalue weighted by atomic mass is 32.2. The highest BCUT2D eigenvalue weighted by molar-refractivity contribution is 8.04. The van der Waals surface area contributed by atoms with Gasteiger partial charge in [-0.3, -0.25) is 9.59 Å². The number of ether oxygens (including phenoxy) is 1. The number of anilines is 1. The van der Waals surface area contributed by atoms with Crippen molar-refractivity contribution in [3.8, 4) is 11.5 Å². The van der Waals surface area contributed by atoms with Crippen LogP contribution in [0.4, 0.5) is 5.69 Å². The van der Waals surface area contributed by atoms with Crippen molar-refractivity contribution in [3.63, 3.8) is 0 Å². The number of rotatable bonds is 8. The summed E-state index contributed by atoms with van der Waals surface area (Å²) >= 11 is 1.15. The Balaban J connectivity index is 1.32. The summed E-state index contributed by atoms with van der Waals surface area (Å²) in [6.07, 6.45) is 4.27. The third-order valence-corrected chi connectivity index (χ3v) is 10.9. The Bertz CT molecular complexity index is 1590. The van der Waals surface area contributed by atoms with Gasteiger partial charge in [-0.1, -0.05) is 36.9 Å². The predicted octanol–water partition coefficient (Wildman–Crippen LogP) is 5.05. The molecule has 2 heterocycles. The van der Waals surface area contributed by atoms with Crippen LogP contribution in [0.15, 0.2) is 52.3 Å². The molecule has 1 spiro atoms. The van der Waals surface area contributed by atoms with E-state index in [2.05, 4.69) is 12.2 Å². The fraction of sp³-hybridized carbons (Fsp3) is 0.419. The molecule has 0 unspecified atom stereocenters. The first-order chi connectivity index (χ1) is 19.8. The van der Waals surface area contributed by atoms with E-state index in [1.54, 1.807) is 18.2 Å². The predicted molar refractivity (Wildman–Crippen MR) is 152 cm³/mol. The smallest absolute Gasteiger partial charge is 0.339 e. The molecule has 2 aromatic rings. The maximum Gasteiger partial charge on any atom is 0.339 e. The average Bonchev–Trinajstić information content (AvgIpc) is 3.29. The Morgan fingerprint density at radius 1 is 1.05 bits per heavy atom. The monoisotopic (exact) mass is 593 g/mol. The lowest BCUT2D eigenvalue weighted by molar-refractivity contribution is -0.169. The van der Waals surface area contributed by atoms with Gasteiger partial charge in [-0.15, -0.1) is 0 Å². The second kappa shape index (κ2) is 9.60. The van der Waals surface area contributed by atoms with E-state index in [1.165, 1.54) is 6.07 Å². The lowest BCUT2D eigenvalue weighted by atomic mass is 9.51. The van der Waals surface area contributed by atoms with Crippen molar-refractivity contribution < 1.29 is 44.3 Å². The van der Waals surface area contributed by atoms with Crippen LogP contribution in [0.2, 0.25) is 0 Å². The molecular formula is C31H31NO9S. The van der Waals surface area contributed by atoms with E-state index in [0.717, 1.165) is 43.2 Å². The van der Waals surface area contributed by atoms with Crippen LogP contribution in [0, 0.1) is 22.7 Å². The summed E-state index contributed by atoms with van der Waals surface area (Å²) in [6.45, 7) is 3.97. The molecule has 2 aromatic carbocycles. The van der Waals surface area contributed by atoms with Gasteiger partial charge < -0.3 is 30.5 Å². The fourth-order valence-corrected chi connectivity index (χ4v) is 9.41. The SMILES string of the molecule is C[C@]12C[C@@]34C=C(Sc5ccccc5C(=O)O)C(=O)[C@@](C)(CCC(=O)Nc5c(O)ccc(C(=O)O)c5O)[C@@H]3[C@H](C[C@@H]1C4)O2. The molecule has 6 atom stereocenters. The van der Waals surface area contributed by atoms with Gasteiger partial charge in [0.15, 0.2) is 11.5 Å². The molecule has 2 saturated carbocycles. The lowest BCUT2D eigenvalue weighted by Gasteiger charge is -2.56. The van der Waals surface area contributed by atoms with Crippen molar-refractivity contribution >= 4 is 41.1 Å². The number of thioether (sulfide) groups is 1. The highest BCUT2D eigenvalue weighted by Crippen LogP contribution is 2.72. The molecule has 220 valence electrons. The number of carbonyl (C=O) groups excluding carboxylic acids is 2. The summed E-state index contributed by atoms with van der Waals surface area (Å²) in [5.74, 6) is -4.39. The van der Waals surface area contributed by atoms with E-state index in [1.807, 2.05) is 13.0 Å². The number of aromatic hydroxyl groups is 2. The van der Waals surface area contributed by atoms with Crippen molar-refractivity contribution in [2.45, 2.75) is 62.6 Å². The molecule has 4 bridgehead atoms. The topological polar surface area (TPSA) is 170 Å². The number of carbonyl (C=O) groups is 4. The third kappa shape index (κ3) is 4.20. The molecule has 10 nitrogen and oxygen atoms in total. The van der Waals surface area contributed by atoms with E-state index < -0.39 is 46.0 Å². The third-order valence-electron chi connectivity index (χ3n) is 9.81. The zero-order valence-electron chi connectivity index (χ0n) is 23.0. The quantitative estimate of drug-likeness (QED) is 0.261. The van der Waals surface area contributed by atoms with E-state index in [-0.39, 0.29) is 47.2 Å². The standard InChI is InChI=1S/C31H31NO9S/c1-29(10-9-22(34)32-23-18(33)8-7-17(24(23)35)28(39)40)25-19-11-15-12-31(25,14-30(15,2)41-19)13-21(26(29)36)42-20-6-4-3-5-16(20)27(37)38/h3-8,13,15,19,25,33,35H,9-12,14H2,1-2H3,(H,32,34)(H,37,38)(H,39,40)/t15-,19+,25+,29+,30+,31-/m1/s1. The summed E-state index contributed by atoms with van der Waals surface area (Å²) in [5, 5.41) is 42.0. The first-order valence-electron chi connectivity index (χ1n) is 13.8. The molecular weight excluding hydrogens is 562 g/mol. The average molecular weight is 594 g/mol. The Kier molecular flexibility index (Phi) is 6.47. The first kappa shape index (κ1) is 28.3. The van der Waals surface area contributed by atoms with Gasteiger partial charge in [-0.2, -0.15) is 0 Å². The number of phenolic OH excluding ortho intramolecular Hbond substituents is 1. The summed E-state index contributed by atoms with van der Waals surface area (Å²) < 4.78 is 6.53. The second-order valence-electron chi connectivity index (χ2n) is 12.4. The number of phenols is 2. The van der Waals surface area contributed by atoms with Crippen LogP contribution in [0.25, 0.3) is 0 Å². The largest absolute Gasteiger partial charge is 0.506 e. The zero-order valence-corrected chi connectivity index (χ0v) is 23.9. The number of nitrogens with one attached hydrogen (secondary N) is 1. The molecule has 2 aliphatic heterocycles. The molecule has 1 amide bonds. The van der Waals surface area contributed by atoms with Gasteiger partial charge in [-0.25, -0.2) is 9.59 Å². The number of carboxylic acids is 2. The second-order valence-corrected chi connectivity index (χ2v) is 13.4. The van der Waals surface area contributed by atoms with Crippen LogP contribution in [0.1, 0.15) is 66.7 Å². The van der Waals surface area contributed by atoms with Gasteiger partial charge in [0.1, 0.15) is 17.0 Å². The van der Waals surface area contributed by atoms with E-state index in [9.17, 15) is 39.6 Å². The molecule has 0 aromatic heterocycles. The van der Waals surface area contributed by atoms with Gasteiger partial charge in [0.05, 0.1) is 22.2 Å². The minimum atomic E-state index is -1.42. The Morgan fingerprint density at radius 3 is 2.45 bits per heavy atom. The zero-order chi connectivity index (χ0) is 30.2. The Morgan fingerprint density at radius 2 is 1.76 bits per heavy atom. The number of ketones is 1. The number of aromatic carboxylic acids is 2. The number of Topliss-reactive ketones (excluding diaryl/α,β-unsaturated/α-hetero) is 1. The van der Waals surface area contributed by atoms with Gasteiger partial charge in [0, 0.05) is 22.6 Å². The minimum absolute atomic E-state index is 0.103. The molecule has 2 saturated heterocycles. The van der Waals surface area contributed by atoms with E-state index in [4.69, 9.17) is 4.74 Å². The normalized spacial score (nSPS) is 32.4. The number of allylic oxidation sites excluding steroid dienone is 2. The van der Waals surface area contributed by atoms with Crippen LogP contribution >= 0.6 is 11.8 Å². The summed E-state index contributed by atoms with van der Waals surface area (Å²) in [6, 6.07) is 8.65. The van der Waals surface area contributed by atoms with Crippen molar-refractivity contribution in [3.05, 3.63) is 58.5 Å². The first-order valence-corrected chi connectivity index (χ1v) is 14.6. The lowest BCUT2D eigenvalue weighted by Crippen LogP contribution is -2.57. The molecule has 3 aliphatic carbocycles. The summed E-state index contributed by atoms with van der Waals surface area (Å²) in [4.78, 5) is 51.7. The molecule has 11 heteroatoms. The van der Waals surface area contributed by atoms with Crippen LogP contribution in [-0.2, 0) is 14.3 Å². The maximum absolute atomic E-state index is 14.3. The summed E-state index contributed by atoms with van der Waals surface area (Å²) in [5.41, 5.74) is -2.45. The van der Waals surface area contributed by atoms with Crippen molar-refractivity contribution in [2.75, 3.05) is 5.32 Å². The van der Waals surface area contributed by atoms with Gasteiger partial charge in [0.2, 0.25) is 5.91 Å². The summed E-state index contributed by atoms with van der Waals surface area (Å²) in [7, 11) is 0. The van der Waals surface area contributed by atoms with Crippen molar-refractivity contribution in [1.29, 1.82) is 0 Å². The number of amides is 1. The van der Waals surface area contributed by atoms with E-state index in [0.29, 0.717) is 15.7 Å². The van der Waals surface area contributed by atoms with Crippen LogP contribution in [0.3, 0.4) is 0 Å². The van der Waals surface area contributed by atoms with Crippen LogP contribution in [0.5, 0.6) is 11.5 Å². The number of hydrogen-bond donors (Lipinski definition) is 5.